The molecular weight excluding hydrogens is 384 g/mol. The first-order chi connectivity index (χ1) is 12.1. The highest BCUT2D eigenvalue weighted by Gasteiger charge is 2.46. The molecule has 1 aliphatic heterocycles. The molecule has 4 rings (SSSR count). The van der Waals surface area contributed by atoms with Crippen molar-refractivity contribution in [1.82, 2.24) is 5.32 Å². The van der Waals surface area contributed by atoms with Crippen molar-refractivity contribution >= 4 is 33.4 Å². The van der Waals surface area contributed by atoms with E-state index < -0.39 is 0 Å². The number of para-hydroxylation sites is 2. The number of halogens is 1. The van der Waals surface area contributed by atoms with Gasteiger partial charge in [-0.3, -0.25) is 14.5 Å². The van der Waals surface area contributed by atoms with E-state index in [4.69, 9.17) is 4.74 Å². The molecule has 2 aromatic rings. The number of hydrogen-bond donors (Lipinski definition) is 1. The number of fused-ring (bicyclic) bond motifs is 1. The third-order valence-corrected chi connectivity index (χ3v) is 5.16. The highest BCUT2D eigenvalue weighted by Crippen LogP contribution is 2.45. The maximum Gasteiger partial charge on any atom is 0.265 e. The highest BCUT2D eigenvalue weighted by molar-refractivity contribution is 9.10. The van der Waals surface area contributed by atoms with Gasteiger partial charge in [-0.2, -0.15) is 0 Å². The topological polar surface area (TPSA) is 58.6 Å². The second-order valence-corrected chi connectivity index (χ2v) is 7.29. The Morgan fingerprint density at radius 1 is 1.16 bits per heavy atom. The minimum absolute atomic E-state index is 0.00250. The zero-order chi connectivity index (χ0) is 17.4. The summed E-state index contributed by atoms with van der Waals surface area (Å²) in [6.45, 7) is -0.0420. The molecule has 1 fully saturated rings. The van der Waals surface area contributed by atoms with Crippen LogP contribution in [-0.4, -0.2) is 25.0 Å². The molecule has 0 atom stereocenters. The molecule has 2 aromatic carbocycles. The summed E-state index contributed by atoms with van der Waals surface area (Å²) in [4.78, 5) is 26.3. The first-order valence-corrected chi connectivity index (χ1v) is 8.96. The minimum Gasteiger partial charge on any atom is -0.482 e. The Bertz CT molecular complexity index is 831. The quantitative estimate of drug-likeness (QED) is 0.857. The number of ether oxygens (including phenoxy) is 1. The van der Waals surface area contributed by atoms with Gasteiger partial charge in [0.05, 0.1) is 11.2 Å². The van der Waals surface area contributed by atoms with Gasteiger partial charge in [-0.25, -0.2) is 0 Å². The lowest BCUT2D eigenvalue weighted by molar-refractivity contribution is -0.125. The molecule has 0 radical (unpaired) electrons. The molecule has 1 N–H and O–H groups in total. The van der Waals surface area contributed by atoms with Gasteiger partial charge in [0.15, 0.2) is 6.61 Å². The lowest BCUT2D eigenvalue weighted by Gasteiger charge is -2.29. The number of carbonyl (C=O) groups excluding carboxylic acids is 2. The highest BCUT2D eigenvalue weighted by atomic mass is 79.9. The Hall–Kier alpha value is -2.34. The lowest BCUT2D eigenvalue weighted by Crippen LogP contribution is -2.47. The van der Waals surface area contributed by atoms with Crippen molar-refractivity contribution in [2.75, 3.05) is 18.1 Å². The van der Waals surface area contributed by atoms with Crippen LogP contribution in [-0.2, 0) is 15.1 Å². The van der Waals surface area contributed by atoms with Gasteiger partial charge in [0.25, 0.3) is 5.91 Å². The molecule has 0 aromatic heterocycles. The molecular formula is C19H17BrN2O3. The van der Waals surface area contributed by atoms with E-state index in [0.717, 1.165) is 22.9 Å². The number of nitrogens with zero attached hydrogens (tertiary/aromatic N) is 1. The molecule has 1 aliphatic carbocycles. The van der Waals surface area contributed by atoms with Crippen LogP contribution in [0.15, 0.2) is 53.0 Å². The van der Waals surface area contributed by atoms with Crippen molar-refractivity contribution in [3.05, 3.63) is 58.6 Å². The second kappa shape index (κ2) is 6.19. The summed E-state index contributed by atoms with van der Waals surface area (Å²) in [6.07, 6.45) is 1.82. The van der Waals surface area contributed by atoms with Crippen molar-refractivity contribution < 1.29 is 14.3 Å². The van der Waals surface area contributed by atoms with Gasteiger partial charge in [-0.05, 0) is 42.7 Å². The molecule has 1 heterocycles. The largest absolute Gasteiger partial charge is 0.482 e. The van der Waals surface area contributed by atoms with Gasteiger partial charge in [-0.15, -0.1) is 0 Å². The monoisotopic (exact) mass is 400 g/mol. The standard InChI is InChI=1S/C19H17BrN2O3/c20-14-7-5-13(6-8-14)19(9-10-19)21-17(23)11-22-15-3-1-2-4-16(15)25-12-18(22)24/h1-8H,9-12H2,(H,21,23). The molecule has 5 nitrogen and oxygen atoms in total. The molecule has 128 valence electrons. The summed E-state index contributed by atoms with van der Waals surface area (Å²) >= 11 is 3.43. The number of benzene rings is 2. The molecule has 0 saturated heterocycles. The molecule has 0 unspecified atom stereocenters. The van der Waals surface area contributed by atoms with Crippen LogP contribution in [0.1, 0.15) is 18.4 Å². The van der Waals surface area contributed by atoms with Gasteiger partial charge in [-0.1, -0.05) is 40.2 Å². The van der Waals surface area contributed by atoms with Crippen LogP contribution in [0.2, 0.25) is 0 Å². The van der Waals surface area contributed by atoms with Gasteiger partial charge >= 0.3 is 0 Å². The van der Waals surface area contributed by atoms with Crippen LogP contribution in [0.3, 0.4) is 0 Å². The van der Waals surface area contributed by atoms with Crippen LogP contribution in [0.4, 0.5) is 5.69 Å². The fourth-order valence-electron chi connectivity index (χ4n) is 3.16. The fraction of sp³-hybridized carbons (Fsp3) is 0.263. The van der Waals surface area contributed by atoms with Crippen molar-refractivity contribution in [3.63, 3.8) is 0 Å². The summed E-state index contributed by atoms with van der Waals surface area (Å²) in [6, 6.07) is 15.3. The molecule has 2 aliphatic rings. The Morgan fingerprint density at radius 3 is 2.60 bits per heavy atom. The summed E-state index contributed by atoms with van der Waals surface area (Å²) in [7, 11) is 0. The van der Waals surface area contributed by atoms with Gasteiger partial charge in [0.2, 0.25) is 5.91 Å². The van der Waals surface area contributed by atoms with E-state index in [1.165, 1.54) is 4.90 Å². The Balaban J connectivity index is 1.49. The molecule has 25 heavy (non-hydrogen) atoms. The summed E-state index contributed by atoms with van der Waals surface area (Å²) in [5, 5.41) is 3.11. The number of hydrogen-bond acceptors (Lipinski definition) is 3. The number of carbonyl (C=O) groups is 2. The number of amides is 2. The van der Waals surface area contributed by atoms with E-state index >= 15 is 0 Å². The molecule has 0 spiro atoms. The Kier molecular flexibility index (Phi) is 4.00. The summed E-state index contributed by atoms with van der Waals surface area (Å²) < 4.78 is 6.42. The van der Waals surface area contributed by atoms with Crippen LogP contribution in [0.25, 0.3) is 0 Å². The van der Waals surface area contributed by atoms with E-state index in [9.17, 15) is 9.59 Å². The van der Waals surface area contributed by atoms with Crippen LogP contribution < -0.4 is 15.0 Å². The predicted molar refractivity (Wildman–Crippen MR) is 97.5 cm³/mol. The molecule has 1 saturated carbocycles. The average molecular weight is 401 g/mol. The van der Waals surface area contributed by atoms with E-state index in [1.54, 1.807) is 12.1 Å². The average Bonchev–Trinajstić information content (AvgIpc) is 3.38. The number of anilines is 1. The lowest BCUT2D eigenvalue weighted by atomic mass is 10.1. The van der Waals surface area contributed by atoms with Crippen molar-refractivity contribution in [2.24, 2.45) is 0 Å². The zero-order valence-electron chi connectivity index (χ0n) is 13.5. The van der Waals surface area contributed by atoms with E-state index in [-0.39, 0.29) is 30.5 Å². The minimum atomic E-state index is -0.299. The number of nitrogens with one attached hydrogen (secondary N) is 1. The zero-order valence-corrected chi connectivity index (χ0v) is 15.1. The first-order valence-electron chi connectivity index (χ1n) is 8.17. The summed E-state index contributed by atoms with van der Waals surface area (Å²) in [5.41, 5.74) is 1.44. The maximum absolute atomic E-state index is 12.6. The second-order valence-electron chi connectivity index (χ2n) is 6.37. The Morgan fingerprint density at radius 2 is 1.88 bits per heavy atom. The normalized spacial score (nSPS) is 17.5. The van der Waals surface area contributed by atoms with Gasteiger partial charge in [0.1, 0.15) is 12.3 Å². The van der Waals surface area contributed by atoms with Gasteiger partial charge < -0.3 is 10.1 Å². The van der Waals surface area contributed by atoms with Gasteiger partial charge in [0, 0.05) is 4.47 Å². The van der Waals surface area contributed by atoms with Crippen molar-refractivity contribution in [3.8, 4) is 5.75 Å². The molecule has 6 heteroatoms. The summed E-state index contributed by atoms with van der Waals surface area (Å²) in [5.74, 6) is 0.261. The smallest absolute Gasteiger partial charge is 0.265 e. The Labute approximate surface area is 154 Å². The van der Waals surface area contributed by atoms with Crippen molar-refractivity contribution in [1.29, 1.82) is 0 Å². The van der Waals surface area contributed by atoms with E-state index in [1.807, 2.05) is 36.4 Å². The van der Waals surface area contributed by atoms with E-state index in [0.29, 0.717) is 11.4 Å². The SMILES string of the molecule is O=C(CN1C(=O)COc2ccccc21)NC1(c2ccc(Br)cc2)CC1. The van der Waals surface area contributed by atoms with Crippen LogP contribution in [0.5, 0.6) is 5.75 Å². The van der Waals surface area contributed by atoms with Crippen molar-refractivity contribution in [2.45, 2.75) is 18.4 Å². The third kappa shape index (κ3) is 3.14. The van der Waals surface area contributed by atoms with Crippen LogP contribution in [0, 0.1) is 0 Å². The first kappa shape index (κ1) is 16.1. The molecule has 2 amide bonds. The molecule has 0 bridgehead atoms. The third-order valence-electron chi connectivity index (χ3n) is 4.64. The fourth-order valence-corrected chi connectivity index (χ4v) is 3.42. The maximum atomic E-state index is 12.6. The van der Waals surface area contributed by atoms with E-state index in [2.05, 4.69) is 21.2 Å². The van der Waals surface area contributed by atoms with Crippen LogP contribution >= 0.6 is 15.9 Å². The number of rotatable bonds is 4. The predicted octanol–water partition coefficient (Wildman–Crippen LogP) is 2.98.